The molecule has 0 radical (unpaired) electrons. The second-order valence-electron chi connectivity index (χ2n) is 5.29. The fourth-order valence-electron chi connectivity index (χ4n) is 2.52. The number of aromatic nitrogens is 4. The standard InChI is InChI=1S/C18H14N4O2/c1-24-14-9-7-13(8-10-14)17-20-18-19-15(11-16(23)22(18)21-17)12-5-3-2-4-6-12/h2-11H,1H3,(H,19,20,21). The van der Waals surface area contributed by atoms with Crippen LogP contribution >= 0.6 is 0 Å². The minimum atomic E-state index is -0.227. The first-order valence-corrected chi connectivity index (χ1v) is 7.44. The zero-order valence-corrected chi connectivity index (χ0v) is 12.9. The Balaban J connectivity index is 1.83. The monoisotopic (exact) mass is 318 g/mol. The second-order valence-corrected chi connectivity index (χ2v) is 5.29. The molecule has 0 aliphatic carbocycles. The van der Waals surface area contributed by atoms with Crippen LogP contribution in [0, 0.1) is 0 Å². The number of hydrogen-bond donors (Lipinski definition) is 1. The van der Waals surface area contributed by atoms with Gasteiger partial charge in [0.05, 0.1) is 12.8 Å². The summed E-state index contributed by atoms with van der Waals surface area (Å²) in [6.45, 7) is 0. The van der Waals surface area contributed by atoms with Crippen LogP contribution in [0.3, 0.4) is 0 Å². The number of aromatic amines is 1. The average molecular weight is 318 g/mol. The highest BCUT2D eigenvalue weighted by Gasteiger charge is 2.11. The van der Waals surface area contributed by atoms with Crippen molar-refractivity contribution >= 4 is 5.78 Å². The third-order valence-electron chi connectivity index (χ3n) is 3.76. The van der Waals surface area contributed by atoms with Crippen LogP contribution in [0.1, 0.15) is 0 Å². The second kappa shape index (κ2) is 5.66. The SMILES string of the molecule is COc1ccc(-c2nc3[nH]c(-c4ccccc4)cc(=O)n3n2)cc1. The van der Waals surface area contributed by atoms with Gasteiger partial charge in [0.25, 0.3) is 5.56 Å². The van der Waals surface area contributed by atoms with Gasteiger partial charge in [-0.25, -0.2) is 0 Å². The predicted octanol–water partition coefficient (Wildman–Crippen LogP) is 2.76. The molecule has 24 heavy (non-hydrogen) atoms. The molecule has 2 aromatic heterocycles. The first-order valence-electron chi connectivity index (χ1n) is 7.44. The molecule has 6 heteroatoms. The topological polar surface area (TPSA) is 72.3 Å². The Kier molecular flexibility index (Phi) is 3.35. The van der Waals surface area contributed by atoms with Gasteiger partial charge in [0.15, 0.2) is 5.82 Å². The maximum Gasteiger partial charge on any atom is 0.276 e. The Hall–Kier alpha value is -3.41. The number of H-pyrrole nitrogens is 1. The normalized spacial score (nSPS) is 10.9. The van der Waals surface area contributed by atoms with E-state index in [0.29, 0.717) is 17.3 Å². The highest BCUT2D eigenvalue weighted by molar-refractivity contribution is 5.62. The molecular formula is C18H14N4O2. The molecule has 1 N–H and O–H groups in total. The van der Waals surface area contributed by atoms with Crippen molar-refractivity contribution in [3.8, 4) is 28.4 Å². The highest BCUT2D eigenvalue weighted by atomic mass is 16.5. The van der Waals surface area contributed by atoms with Crippen molar-refractivity contribution < 1.29 is 4.74 Å². The average Bonchev–Trinajstić information content (AvgIpc) is 3.07. The molecule has 2 heterocycles. The lowest BCUT2D eigenvalue weighted by Gasteiger charge is -2.00. The van der Waals surface area contributed by atoms with Crippen LogP contribution in [-0.2, 0) is 0 Å². The number of methoxy groups -OCH3 is 1. The molecule has 0 saturated carbocycles. The Bertz CT molecular complexity index is 1050. The molecule has 0 unspecified atom stereocenters. The van der Waals surface area contributed by atoms with E-state index >= 15 is 0 Å². The minimum absolute atomic E-state index is 0.227. The van der Waals surface area contributed by atoms with Gasteiger partial charge in [-0.2, -0.15) is 9.50 Å². The van der Waals surface area contributed by atoms with Gasteiger partial charge in [0.2, 0.25) is 5.78 Å². The molecule has 6 nitrogen and oxygen atoms in total. The third kappa shape index (κ3) is 2.44. The zero-order valence-electron chi connectivity index (χ0n) is 12.9. The quantitative estimate of drug-likeness (QED) is 0.630. The molecule has 0 bridgehead atoms. The first-order chi connectivity index (χ1) is 11.7. The molecule has 118 valence electrons. The molecule has 0 saturated heterocycles. The maximum absolute atomic E-state index is 12.3. The summed E-state index contributed by atoms with van der Waals surface area (Å²) in [6, 6.07) is 18.5. The fourth-order valence-corrected chi connectivity index (χ4v) is 2.52. The number of hydrogen-bond acceptors (Lipinski definition) is 4. The largest absolute Gasteiger partial charge is 0.497 e. The third-order valence-corrected chi connectivity index (χ3v) is 3.76. The molecular weight excluding hydrogens is 304 g/mol. The Labute approximate surface area is 137 Å². The molecule has 0 aliphatic rings. The lowest BCUT2D eigenvalue weighted by atomic mass is 10.1. The molecule has 2 aromatic carbocycles. The van der Waals surface area contributed by atoms with E-state index in [1.165, 1.54) is 10.6 Å². The number of rotatable bonds is 3. The summed E-state index contributed by atoms with van der Waals surface area (Å²) in [5, 5.41) is 4.29. The summed E-state index contributed by atoms with van der Waals surface area (Å²) >= 11 is 0. The van der Waals surface area contributed by atoms with E-state index in [9.17, 15) is 4.79 Å². The molecule has 0 amide bonds. The van der Waals surface area contributed by atoms with Crippen LogP contribution in [0.2, 0.25) is 0 Å². The highest BCUT2D eigenvalue weighted by Crippen LogP contribution is 2.20. The summed E-state index contributed by atoms with van der Waals surface area (Å²) in [5.74, 6) is 1.65. The van der Waals surface area contributed by atoms with Crippen molar-refractivity contribution in [2.45, 2.75) is 0 Å². The van der Waals surface area contributed by atoms with E-state index in [0.717, 1.165) is 16.9 Å². The Morgan fingerprint density at radius 3 is 2.46 bits per heavy atom. The summed E-state index contributed by atoms with van der Waals surface area (Å²) in [4.78, 5) is 19.9. The lowest BCUT2D eigenvalue weighted by molar-refractivity contribution is 0.415. The van der Waals surface area contributed by atoms with Crippen molar-refractivity contribution in [3.05, 3.63) is 71.0 Å². The van der Waals surface area contributed by atoms with E-state index in [-0.39, 0.29) is 5.56 Å². The van der Waals surface area contributed by atoms with E-state index in [1.54, 1.807) is 7.11 Å². The van der Waals surface area contributed by atoms with Gasteiger partial charge < -0.3 is 9.72 Å². The van der Waals surface area contributed by atoms with Gasteiger partial charge in [-0.15, -0.1) is 5.10 Å². The molecule has 0 atom stereocenters. The van der Waals surface area contributed by atoms with Crippen molar-refractivity contribution in [1.82, 2.24) is 19.6 Å². The summed E-state index contributed by atoms with van der Waals surface area (Å²) in [5.41, 5.74) is 2.22. The van der Waals surface area contributed by atoms with Gasteiger partial charge in [-0.05, 0) is 29.8 Å². The predicted molar refractivity (Wildman–Crippen MR) is 91.0 cm³/mol. The first kappa shape index (κ1) is 14.2. The molecule has 0 spiro atoms. The summed E-state index contributed by atoms with van der Waals surface area (Å²) < 4.78 is 6.42. The zero-order chi connectivity index (χ0) is 16.5. The van der Waals surface area contributed by atoms with Crippen LogP contribution in [0.25, 0.3) is 28.4 Å². The molecule has 4 rings (SSSR count). The molecule has 0 fully saturated rings. The van der Waals surface area contributed by atoms with Gasteiger partial charge in [0, 0.05) is 11.6 Å². The Morgan fingerprint density at radius 1 is 1.00 bits per heavy atom. The van der Waals surface area contributed by atoms with Gasteiger partial charge in [-0.3, -0.25) is 4.79 Å². The summed E-state index contributed by atoms with van der Waals surface area (Å²) in [7, 11) is 1.61. The van der Waals surface area contributed by atoms with E-state index in [2.05, 4.69) is 15.1 Å². The van der Waals surface area contributed by atoms with Crippen LogP contribution in [-0.4, -0.2) is 26.7 Å². The van der Waals surface area contributed by atoms with Crippen molar-refractivity contribution in [2.24, 2.45) is 0 Å². The van der Waals surface area contributed by atoms with Crippen LogP contribution in [0.4, 0.5) is 0 Å². The lowest BCUT2D eigenvalue weighted by Crippen LogP contribution is -2.14. The fraction of sp³-hybridized carbons (Fsp3) is 0.0556. The Morgan fingerprint density at radius 2 is 1.75 bits per heavy atom. The number of nitrogens with zero attached hydrogens (tertiary/aromatic N) is 3. The van der Waals surface area contributed by atoms with Crippen LogP contribution < -0.4 is 10.3 Å². The minimum Gasteiger partial charge on any atom is -0.497 e. The number of nitrogens with one attached hydrogen (secondary N) is 1. The number of benzene rings is 2. The van der Waals surface area contributed by atoms with Gasteiger partial charge >= 0.3 is 0 Å². The smallest absolute Gasteiger partial charge is 0.276 e. The van der Waals surface area contributed by atoms with Crippen LogP contribution in [0.5, 0.6) is 5.75 Å². The molecule has 4 aromatic rings. The number of ether oxygens (including phenoxy) is 1. The van der Waals surface area contributed by atoms with Crippen LogP contribution in [0.15, 0.2) is 65.5 Å². The van der Waals surface area contributed by atoms with E-state index in [1.807, 2.05) is 54.6 Å². The summed E-state index contributed by atoms with van der Waals surface area (Å²) in [6.07, 6.45) is 0. The number of fused-ring (bicyclic) bond motifs is 1. The van der Waals surface area contributed by atoms with Crippen molar-refractivity contribution in [2.75, 3.05) is 7.11 Å². The van der Waals surface area contributed by atoms with Crippen molar-refractivity contribution in [1.29, 1.82) is 0 Å². The van der Waals surface area contributed by atoms with Crippen molar-refractivity contribution in [3.63, 3.8) is 0 Å². The molecule has 0 aliphatic heterocycles. The van der Waals surface area contributed by atoms with E-state index < -0.39 is 0 Å². The maximum atomic E-state index is 12.3. The van der Waals surface area contributed by atoms with Gasteiger partial charge in [-0.1, -0.05) is 30.3 Å². The van der Waals surface area contributed by atoms with Gasteiger partial charge in [0.1, 0.15) is 5.75 Å². The van der Waals surface area contributed by atoms with E-state index in [4.69, 9.17) is 4.74 Å².